The van der Waals surface area contributed by atoms with Crippen LogP contribution in [-0.2, 0) is 0 Å². The van der Waals surface area contributed by atoms with Gasteiger partial charge in [-0.2, -0.15) is 5.10 Å². The molecular formula is C24H26N2O. The van der Waals surface area contributed by atoms with Gasteiger partial charge in [0, 0.05) is 0 Å². The highest BCUT2D eigenvalue weighted by atomic mass is 16.5. The Morgan fingerprint density at radius 1 is 0.815 bits per heavy atom. The van der Waals surface area contributed by atoms with Gasteiger partial charge in [-0.15, -0.1) is 0 Å². The summed E-state index contributed by atoms with van der Waals surface area (Å²) >= 11 is 0. The summed E-state index contributed by atoms with van der Waals surface area (Å²) in [6.45, 7) is 8.57. The molecule has 0 aliphatic rings. The van der Waals surface area contributed by atoms with Crippen molar-refractivity contribution >= 4 is 11.9 Å². The van der Waals surface area contributed by atoms with Crippen LogP contribution in [0.1, 0.15) is 42.0 Å². The molecule has 0 aliphatic carbocycles. The minimum Gasteiger partial charge on any atom is -0.457 e. The quantitative estimate of drug-likeness (QED) is 0.394. The highest BCUT2D eigenvalue weighted by Crippen LogP contribution is 2.24. The predicted octanol–water partition coefficient (Wildman–Crippen LogP) is 6.67. The van der Waals surface area contributed by atoms with E-state index in [2.05, 4.69) is 62.5 Å². The Balaban J connectivity index is 1.58. The molecule has 0 unspecified atom stereocenters. The maximum atomic E-state index is 5.91. The molecule has 27 heavy (non-hydrogen) atoms. The molecule has 0 bridgehead atoms. The molecule has 3 heteroatoms. The first-order valence-corrected chi connectivity index (χ1v) is 9.25. The lowest BCUT2D eigenvalue weighted by Gasteiger charge is -2.09. The second kappa shape index (κ2) is 8.54. The average molecular weight is 358 g/mol. The third kappa shape index (κ3) is 5.20. The summed E-state index contributed by atoms with van der Waals surface area (Å²) in [5, 5.41) is 4.31. The van der Waals surface area contributed by atoms with Crippen molar-refractivity contribution in [1.29, 1.82) is 0 Å². The van der Waals surface area contributed by atoms with E-state index in [1.807, 2.05) is 42.5 Å². The first-order valence-electron chi connectivity index (χ1n) is 9.25. The molecule has 0 radical (unpaired) electrons. The zero-order chi connectivity index (χ0) is 19.2. The zero-order valence-corrected chi connectivity index (χ0v) is 16.4. The lowest BCUT2D eigenvalue weighted by Crippen LogP contribution is -1.92. The largest absolute Gasteiger partial charge is 0.457 e. The van der Waals surface area contributed by atoms with Crippen LogP contribution in [-0.4, -0.2) is 6.21 Å². The fourth-order valence-electron chi connectivity index (χ4n) is 2.67. The minimum absolute atomic E-state index is 0.523. The Labute approximate surface area is 161 Å². The normalized spacial score (nSPS) is 11.1. The fraction of sp³-hybridized carbons (Fsp3) is 0.208. The van der Waals surface area contributed by atoms with Crippen LogP contribution in [0.5, 0.6) is 11.5 Å². The van der Waals surface area contributed by atoms with E-state index in [9.17, 15) is 0 Å². The third-order valence-electron chi connectivity index (χ3n) is 4.58. The van der Waals surface area contributed by atoms with E-state index < -0.39 is 0 Å². The Morgan fingerprint density at radius 2 is 1.44 bits per heavy atom. The van der Waals surface area contributed by atoms with Crippen LogP contribution in [0.15, 0.2) is 71.8 Å². The Bertz CT molecular complexity index is 910. The molecule has 0 spiro atoms. The molecule has 0 amide bonds. The summed E-state index contributed by atoms with van der Waals surface area (Å²) in [7, 11) is 0. The molecular weight excluding hydrogens is 332 g/mol. The van der Waals surface area contributed by atoms with Crippen LogP contribution < -0.4 is 10.2 Å². The Hall–Kier alpha value is -3.07. The lowest BCUT2D eigenvalue weighted by molar-refractivity contribution is 0.482. The monoisotopic (exact) mass is 358 g/mol. The maximum Gasteiger partial charge on any atom is 0.127 e. The molecule has 3 aromatic carbocycles. The zero-order valence-electron chi connectivity index (χ0n) is 16.4. The highest BCUT2D eigenvalue weighted by molar-refractivity contribution is 5.80. The van der Waals surface area contributed by atoms with Crippen molar-refractivity contribution in [3.05, 3.63) is 89.0 Å². The Kier molecular flexibility index (Phi) is 5.92. The van der Waals surface area contributed by atoms with Crippen molar-refractivity contribution in [3.8, 4) is 11.5 Å². The van der Waals surface area contributed by atoms with Crippen LogP contribution in [0.25, 0.3) is 0 Å². The van der Waals surface area contributed by atoms with E-state index in [1.54, 1.807) is 6.21 Å². The van der Waals surface area contributed by atoms with Crippen LogP contribution in [0.3, 0.4) is 0 Å². The van der Waals surface area contributed by atoms with Gasteiger partial charge in [-0.1, -0.05) is 32.0 Å². The summed E-state index contributed by atoms with van der Waals surface area (Å²) in [5.41, 5.74) is 8.90. The number of nitrogens with zero attached hydrogens (tertiary/aromatic N) is 1. The SMILES string of the molecule is Cc1ccc(NN=Cc2ccc(Oc3ccc(C(C)C)cc3)cc2)cc1C. The van der Waals surface area contributed by atoms with Gasteiger partial charge in [-0.05, 0) is 90.6 Å². The molecule has 138 valence electrons. The standard InChI is InChI=1S/C24H26N2O/c1-17(2)21-8-13-24(14-9-21)27-23-11-6-20(7-12-23)16-25-26-22-10-5-18(3)19(4)15-22/h5-17,26H,1-4H3. The molecule has 3 rings (SSSR count). The van der Waals surface area contributed by atoms with E-state index in [-0.39, 0.29) is 0 Å². The number of anilines is 1. The van der Waals surface area contributed by atoms with E-state index in [4.69, 9.17) is 4.74 Å². The van der Waals surface area contributed by atoms with E-state index >= 15 is 0 Å². The topological polar surface area (TPSA) is 33.6 Å². The van der Waals surface area contributed by atoms with Gasteiger partial charge < -0.3 is 4.74 Å². The van der Waals surface area contributed by atoms with Crippen molar-refractivity contribution in [1.82, 2.24) is 0 Å². The van der Waals surface area contributed by atoms with E-state index in [0.717, 1.165) is 22.7 Å². The van der Waals surface area contributed by atoms with Crippen molar-refractivity contribution in [2.45, 2.75) is 33.6 Å². The lowest BCUT2D eigenvalue weighted by atomic mass is 10.0. The fourth-order valence-corrected chi connectivity index (χ4v) is 2.67. The van der Waals surface area contributed by atoms with Crippen molar-refractivity contribution < 1.29 is 4.74 Å². The van der Waals surface area contributed by atoms with Gasteiger partial charge in [-0.3, -0.25) is 5.43 Å². The number of rotatable bonds is 6. The summed E-state index contributed by atoms with van der Waals surface area (Å²) in [6.07, 6.45) is 1.80. The van der Waals surface area contributed by atoms with E-state index in [0.29, 0.717) is 5.92 Å². The molecule has 0 saturated carbocycles. The molecule has 0 fully saturated rings. The van der Waals surface area contributed by atoms with Crippen molar-refractivity contribution in [3.63, 3.8) is 0 Å². The third-order valence-corrected chi connectivity index (χ3v) is 4.58. The van der Waals surface area contributed by atoms with Gasteiger partial charge in [0.15, 0.2) is 0 Å². The van der Waals surface area contributed by atoms with Gasteiger partial charge >= 0.3 is 0 Å². The summed E-state index contributed by atoms with van der Waals surface area (Å²) < 4.78 is 5.91. The molecule has 0 heterocycles. The second-order valence-electron chi connectivity index (χ2n) is 7.06. The summed E-state index contributed by atoms with van der Waals surface area (Å²) in [6, 6.07) is 22.3. The summed E-state index contributed by atoms with van der Waals surface area (Å²) in [5.74, 6) is 2.18. The molecule has 0 atom stereocenters. The minimum atomic E-state index is 0.523. The van der Waals surface area contributed by atoms with Gasteiger partial charge in [0.1, 0.15) is 11.5 Å². The molecule has 3 aromatic rings. The summed E-state index contributed by atoms with van der Waals surface area (Å²) in [4.78, 5) is 0. The van der Waals surface area contributed by atoms with E-state index in [1.165, 1.54) is 16.7 Å². The van der Waals surface area contributed by atoms with Crippen LogP contribution in [0.2, 0.25) is 0 Å². The number of hydrazone groups is 1. The number of benzene rings is 3. The van der Waals surface area contributed by atoms with Gasteiger partial charge in [0.05, 0.1) is 11.9 Å². The number of ether oxygens (including phenoxy) is 1. The predicted molar refractivity (Wildman–Crippen MR) is 114 cm³/mol. The number of aryl methyl sites for hydroxylation is 2. The number of hydrogen-bond acceptors (Lipinski definition) is 3. The van der Waals surface area contributed by atoms with Crippen molar-refractivity contribution in [2.24, 2.45) is 5.10 Å². The van der Waals surface area contributed by atoms with Crippen LogP contribution >= 0.6 is 0 Å². The van der Waals surface area contributed by atoms with Crippen molar-refractivity contribution in [2.75, 3.05) is 5.43 Å². The van der Waals surface area contributed by atoms with Gasteiger partial charge in [-0.25, -0.2) is 0 Å². The van der Waals surface area contributed by atoms with Crippen LogP contribution in [0.4, 0.5) is 5.69 Å². The first kappa shape index (κ1) is 18.7. The molecule has 0 saturated heterocycles. The molecule has 0 aliphatic heterocycles. The number of hydrogen-bond donors (Lipinski definition) is 1. The number of nitrogens with one attached hydrogen (secondary N) is 1. The highest BCUT2D eigenvalue weighted by Gasteiger charge is 2.01. The first-order chi connectivity index (χ1) is 13.0. The average Bonchev–Trinajstić information content (AvgIpc) is 2.66. The Morgan fingerprint density at radius 3 is 2.04 bits per heavy atom. The smallest absolute Gasteiger partial charge is 0.127 e. The maximum absolute atomic E-state index is 5.91. The van der Waals surface area contributed by atoms with Crippen LogP contribution in [0, 0.1) is 13.8 Å². The molecule has 3 nitrogen and oxygen atoms in total. The van der Waals surface area contributed by atoms with Gasteiger partial charge in [0.25, 0.3) is 0 Å². The molecule has 1 N–H and O–H groups in total. The molecule has 0 aromatic heterocycles. The second-order valence-corrected chi connectivity index (χ2v) is 7.06. The van der Waals surface area contributed by atoms with Gasteiger partial charge in [0.2, 0.25) is 0 Å².